The topological polar surface area (TPSA) is 68.5 Å². The number of methoxy groups -OCH3 is 1. The van der Waals surface area contributed by atoms with Gasteiger partial charge in [-0.25, -0.2) is 9.97 Å². The summed E-state index contributed by atoms with van der Waals surface area (Å²) in [7, 11) is 1.57. The zero-order chi connectivity index (χ0) is 18.8. The number of benzene rings is 2. The maximum absolute atomic E-state index is 12.7. The van der Waals surface area contributed by atoms with Gasteiger partial charge in [0.25, 0.3) is 5.91 Å². The molecule has 0 spiro atoms. The van der Waals surface area contributed by atoms with Crippen molar-refractivity contribution in [2.45, 2.75) is 0 Å². The van der Waals surface area contributed by atoms with Gasteiger partial charge in [-0.3, -0.25) is 9.20 Å². The number of ether oxygens (including phenoxy) is 1. The van der Waals surface area contributed by atoms with Gasteiger partial charge in [-0.15, -0.1) is 0 Å². The first-order valence-electron chi connectivity index (χ1n) is 8.19. The van der Waals surface area contributed by atoms with E-state index in [-0.39, 0.29) is 5.91 Å². The third-order valence-corrected chi connectivity index (χ3v) is 4.76. The number of imidazole rings is 1. The van der Waals surface area contributed by atoms with E-state index in [1.165, 1.54) is 0 Å². The van der Waals surface area contributed by atoms with E-state index in [1.807, 2.05) is 47.1 Å². The SMILES string of the molecule is COc1ccc(Br)c(C(=O)Nc2cccc(-c3cn4cccnc4n3)c2)c1. The summed E-state index contributed by atoms with van der Waals surface area (Å²) in [6.45, 7) is 0. The van der Waals surface area contributed by atoms with Crippen LogP contribution in [0.1, 0.15) is 10.4 Å². The zero-order valence-corrected chi connectivity index (χ0v) is 16.0. The van der Waals surface area contributed by atoms with Gasteiger partial charge in [-0.05, 0) is 52.3 Å². The van der Waals surface area contributed by atoms with Crippen LogP contribution in [-0.2, 0) is 0 Å². The van der Waals surface area contributed by atoms with Crippen LogP contribution in [0.2, 0.25) is 0 Å². The molecule has 0 aliphatic rings. The zero-order valence-electron chi connectivity index (χ0n) is 14.4. The van der Waals surface area contributed by atoms with Crippen molar-refractivity contribution in [2.75, 3.05) is 12.4 Å². The maximum atomic E-state index is 12.7. The monoisotopic (exact) mass is 422 g/mol. The number of hydrogen-bond donors (Lipinski definition) is 1. The highest BCUT2D eigenvalue weighted by Crippen LogP contribution is 2.25. The molecule has 4 rings (SSSR count). The van der Waals surface area contributed by atoms with E-state index in [0.29, 0.717) is 27.3 Å². The lowest BCUT2D eigenvalue weighted by atomic mass is 10.1. The van der Waals surface area contributed by atoms with E-state index in [2.05, 4.69) is 31.2 Å². The minimum absolute atomic E-state index is 0.227. The van der Waals surface area contributed by atoms with Crippen LogP contribution >= 0.6 is 15.9 Å². The van der Waals surface area contributed by atoms with Gasteiger partial charge >= 0.3 is 0 Å². The fourth-order valence-corrected chi connectivity index (χ4v) is 3.16. The van der Waals surface area contributed by atoms with E-state index in [9.17, 15) is 4.79 Å². The van der Waals surface area contributed by atoms with Crippen LogP contribution in [0.5, 0.6) is 5.75 Å². The number of fused-ring (bicyclic) bond motifs is 1. The van der Waals surface area contributed by atoms with Crippen molar-refractivity contribution in [3.63, 3.8) is 0 Å². The average Bonchev–Trinajstić information content (AvgIpc) is 3.13. The summed E-state index contributed by atoms with van der Waals surface area (Å²) in [6.07, 6.45) is 5.50. The molecule has 0 aliphatic carbocycles. The smallest absolute Gasteiger partial charge is 0.256 e. The Hall–Kier alpha value is -3.19. The molecule has 0 unspecified atom stereocenters. The van der Waals surface area contributed by atoms with Crippen LogP contribution in [0.15, 0.2) is 71.6 Å². The Morgan fingerprint density at radius 3 is 2.89 bits per heavy atom. The second-order valence-electron chi connectivity index (χ2n) is 5.83. The molecule has 0 atom stereocenters. The summed E-state index contributed by atoms with van der Waals surface area (Å²) in [4.78, 5) is 21.4. The summed E-state index contributed by atoms with van der Waals surface area (Å²) in [6, 6.07) is 14.7. The minimum Gasteiger partial charge on any atom is -0.497 e. The summed E-state index contributed by atoms with van der Waals surface area (Å²) in [5.41, 5.74) is 2.85. The Labute approximate surface area is 164 Å². The molecule has 0 saturated carbocycles. The molecule has 2 aromatic heterocycles. The predicted octanol–water partition coefficient (Wildman–Crippen LogP) is 4.42. The number of amides is 1. The van der Waals surface area contributed by atoms with Gasteiger partial charge in [-0.2, -0.15) is 0 Å². The molecule has 7 heteroatoms. The normalized spacial score (nSPS) is 10.7. The van der Waals surface area contributed by atoms with Crippen molar-refractivity contribution < 1.29 is 9.53 Å². The van der Waals surface area contributed by atoms with E-state index < -0.39 is 0 Å². The van der Waals surface area contributed by atoms with Crippen LogP contribution in [0.4, 0.5) is 5.69 Å². The Morgan fingerprint density at radius 1 is 1.19 bits per heavy atom. The van der Waals surface area contributed by atoms with Crippen LogP contribution in [0.25, 0.3) is 17.0 Å². The fourth-order valence-electron chi connectivity index (χ4n) is 2.73. The lowest BCUT2D eigenvalue weighted by molar-refractivity contribution is 0.102. The van der Waals surface area contributed by atoms with E-state index in [0.717, 1.165) is 11.3 Å². The summed E-state index contributed by atoms with van der Waals surface area (Å²) >= 11 is 3.41. The van der Waals surface area contributed by atoms with Crippen molar-refractivity contribution >= 4 is 33.3 Å². The van der Waals surface area contributed by atoms with Gasteiger partial charge in [0, 0.05) is 34.3 Å². The first kappa shape index (κ1) is 17.2. The van der Waals surface area contributed by atoms with Crippen LogP contribution < -0.4 is 10.1 Å². The largest absolute Gasteiger partial charge is 0.497 e. The number of carbonyl (C=O) groups is 1. The minimum atomic E-state index is -0.227. The molecule has 2 heterocycles. The fraction of sp³-hybridized carbons (Fsp3) is 0.0500. The molecule has 1 amide bonds. The molecule has 27 heavy (non-hydrogen) atoms. The van der Waals surface area contributed by atoms with Crippen molar-refractivity contribution in [2.24, 2.45) is 0 Å². The van der Waals surface area contributed by atoms with Crippen molar-refractivity contribution in [3.05, 3.63) is 77.2 Å². The number of nitrogens with zero attached hydrogens (tertiary/aromatic N) is 3. The van der Waals surface area contributed by atoms with E-state index in [1.54, 1.807) is 31.5 Å². The molecule has 4 aromatic rings. The number of carbonyl (C=O) groups excluding carboxylic acids is 1. The number of anilines is 1. The van der Waals surface area contributed by atoms with Crippen LogP contribution in [0, 0.1) is 0 Å². The average molecular weight is 423 g/mol. The molecule has 6 nitrogen and oxygen atoms in total. The summed E-state index contributed by atoms with van der Waals surface area (Å²) in [5.74, 6) is 1.02. The van der Waals surface area contributed by atoms with Crippen molar-refractivity contribution in [1.29, 1.82) is 0 Å². The Morgan fingerprint density at radius 2 is 2.07 bits per heavy atom. The number of aromatic nitrogens is 3. The molecule has 1 N–H and O–H groups in total. The van der Waals surface area contributed by atoms with E-state index in [4.69, 9.17) is 4.74 Å². The Balaban J connectivity index is 1.62. The van der Waals surface area contributed by atoms with Gasteiger partial charge in [-0.1, -0.05) is 12.1 Å². The molecule has 0 saturated heterocycles. The summed E-state index contributed by atoms with van der Waals surface area (Å²) in [5, 5.41) is 2.92. The second kappa shape index (κ2) is 7.20. The van der Waals surface area contributed by atoms with E-state index >= 15 is 0 Å². The number of nitrogens with one attached hydrogen (secondary N) is 1. The van der Waals surface area contributed by atoms with Gasteiger partial charge in [0.15, 0.2) is 0 Å². The quantitative estimate of drug-likeness (QED) is 0.528. The Kier molecular flexibility index (Phi) is 4.60. The van der Waals surface area contributed by atoms with Gasteiger partial charge in [0.1, 0.15) is 5.75 Å². The molecule has 0 aliphatic heterocycles. The van der Waals surface area contributed by atoms with Crippen molar-refractivity contribution in [3.8, 4) is 17.0 Å². The predicted molar refractivity (Wildman–Crippen MR) is 107 cm³/mol. The molecular formula is C20H15BrN4O2. The highest BCUT2D eigenvalue weighted by molar-refractivity contribution is 9.10. The standard InChI is InChI=1S/C20H15BrN4O2/c1-27-15-6-7-17(21)16(11-15)19(26)23-14-5-2-4-13(10-14)18-12-25-9-3-8-22-20(25)24-18/h2-12H,1H3,(H,23,26). The highest BCUT2D eigenvalue weighted by Gasteiger charge is 2.13. The molecular weight excluding hydrogens is 408 g/mol. The lowest BCUT2D eigenvalue weighted by Crippen LogP contribution is -2.12. The van der Waals surface area contributed by atoms with Crippen LogP contribution in [0.3, 0.4) is 0 Å². The second-order valence-corrected chi connectivity index (χ2v) is 6.69. The number of hydrogen-bond acceptors (Lipinski definition) is 4. The molecule has 134 valence electrons. The maximum Gasteiger partial charge on any atom is 0.256 e. The molecule has 0 bridgehead atoms. The Bertz CT molecular complexity index is 1110. The molecule has 0 radical (unpaired) electrons. The molecule has 2 aromatic carbocycles. The first-order valence-corrected chi connectivity index (χ1v) is 8.98. The van der Waals surface area contributed by atoms with Gasteiger partial charge in [0.2, 0.25) is 5.78 Å². The molecule has 0 fully saturated rings. The summed E-state index contributed by atoms with van der Waals surface area (Å²) < 4.78 is 7.75. The lowest BCUT2D eigenvalue weighted by Gasteiger charge is -2.09. The van der Waals surface area contributed by atoms with Gasteiger partial charge < -0.3 is 10.1 Å². The van der Waals surface area contributed by atoms with Crippen molar-refractivity contribution in [1.82, 2.24) is 14.4 Å². The highest BCUT2D eigenvalue weighted by atomic mass is 79.9. The number of rotatable bonds is 4. The third kappa shape index (κ3) is 3.54. The van der Waals surface area contributed by atoms with Gasteiger partial charge in [0.05, 0.1) is 18.4 Å². The third-order valence-electron chi connectivity index (χ3n) is 4.07. The van der Waals surface area contributed by atoms with Crippen LogP contribution in [-0.4, -0.2) is 27.4 Å². The first-order chi connectivity index (χ1) is 13.1. The number of halogens is 1.